The van der Waals surface area contributed by atoms with Crippen molar-refractivity contribution in [1.82, 2.24) is 9.80 Å². The summed E-state index contributed by atoms with van der Waals surface area (Å²) < 4.78 is 0. The maximum atomic E-state index is 11.8. The average molecular weight is 292 g/mol. The van der Waals surface area contributed by atoms with Gasteiger partial charge in [-0.3, -0.25) is 14.5 Å². The van der Waals surface area contributed by atoms with Gasteiger partial charge < -0.3 is 10.0 Å². The van der Waals surface area contributed by atoms with E-state index in [4.69, 9.17) is 0 Å². The van der Waals surface area contributed by atoms with Crippen molar-refractivity contribution in [3.8, 4) is 0 Å². The molecule has 0 aliphatic carbocycles. The number of carbonyl (C=O) groups is 2. The van der Waals surface area contributed by atoms with Crippen LogP contribution in [-0.2, 0) is 11.3 Å². The van der Waals surface area contributed by atoms with E-state index in [1.165, 1.54) is 4.90 Å². The molecule has 21 heavy (non-hydrogen) atoms. The van der Waals surface area contributed by atoms with Gasteiger partial charge in [0.15, 0.2) is 0 Å². The number of carbonyl (C=O) groups excluding carboxylic acids is 1. The summed E-state index contributed by atoms with van der Waals surface area (Å²) in [6.45, 7) is 5.07. The van der Waals surface area contributed by atoms with Gasteiger partial charge in [0.25, 0.3) is 5.91 Å². The summed E-state index contributed by atoms with van der Waals surface area (Å²) >= 11 is 0. The lowest BCUT2D eigenvalue weighted by atomic mass is 10.1. The summed E-state index contributed by atoms with van der Waals surface area (Å²) in [7, 11) is 3.43. The number of aliphatic carboxylic acids is 1. The van der Waals surface area contributed by atoms with Gasteiger partial charge in [-0.15, -0.1) is 0 Å². The number of hydrogen-bond donors (Lipinski definition) is 1. The Balaban J connectivity index is 2.82. The number of amides is 1. The number of carboxylic acid groups (broad SMARTS) is 1. The quantitative estimate of drug-likeness (QED) is 0.836. The summed E-state index contributed by atoms with van der Waals surface area (Å²) in [5.74, 6) is -0.829. The van der Waals surface area contributed by atoms with E-state index in [1.54, 1.807) is 26.2 Å². The van der Waals surface area contributed by atoms with Gasteiger partial charge >= 0.3 is 5.97 Å². The number of rotatable bonds is 7. The monoisotopic (exact) mass is 292 g/mol. The lowest BCUT2D eigenvalue weighted by molar-refractivity contribution is -0.143. The Bertz CT molecular complexity index is 483. The maximum absolute atomic E-state index is 11.8. The van der Waals surface area contributed by atoms with Crippen molar-refractivity contribution in [1.29, 1.82) is 0 Å². The fourth-order valence-electron chi connectivity index (χ4n) is 2.28. The minimum Gasteiger partial charge on any atom is -0.480 e. The molecule has 1 N–H and O–H groups in total. The van der Waals surface area contributed by atoms with Gasteiger partial charge in [-0.1, -0.05) is 26.0 Å². The number of carboxylic acids is 1. The zero-order valence-electron chi connectivity index (χ0n) is 13.2. The van der Waals surface area contributed by atoms with Crippen molar-refractivity contribution < 1.29 is 14.7 Å². The summed E-state index contributed by atoms with van der Waals surface area (Å²) in [4.78, 5) is 26.5. The maximum Gasteiger partial charge on any atom is 0.320 e. The highest BCUT2D eigenvalue weighted by Crippen LogP contribution is 2.13. The minimum atomic E-state index is -0.793. The second-order valence-electron chi connectivity index (χ2n) is 5.22. The van der Waals surface area contributed by atoms with E-state index < -0.39 is 12.0 Å². The Morgan fingerprint density at radius 2 is 1.71 bits per heavy atom. The van der Waals surface area contributed by atoms with Crippen LogP contribution in [0, 0.1) is 0 Å². The molecule has 0 aromatic heterocycles. The molecule has 5 nitrogen and oxygen atoms in total. The highest BCUT2D eigenvalue weighted by Gasteiger charge is 2.22. The molecular formula is C16H24N2O3. The van der Waals surface area contributed by atoms with E-state index in [-0.39, 0.29) is 5.91 Å². The number of likely N-dealkylation sites (N-methyl/N-ethyl adjacent to an activating group) is 1. The van der Waals surface area contributed by atoms with Gasteiger partial charge in [0.2, 0.25) is 0 Å². The molecule has 0 saturated carbocycles. The molecule has 1 atom stereocenters. The molecule has 0 saturated heterocycles. The van der Waals surface area contributed by atoms with Gasteiger partial charge in [-0.2, -0.15) is 0 Å². The van der Waals surface area contributed by atoms with Crippen molar-refractivity contribution in [2.75, 3.05) is 20.6 Å². The third kappa shape index (κ3) is 4.56. The smallest absolute Gasteiger partial charge is 0.320 e. The number of nitrogens with zero attached hydrogens (tertiary/aromatic N) is 2. The second-order valence-corrected chi connectivity index (χ2v) is 5.22. The first-order valence-corrected chi connectivity index (χ1v) is 7.18. The lowest BCUT2D eigenvalue weighted by Gasteiger charge is -2.26. The van der Waals surface area contributed by atoms with Gasteiger partial charge in [-0.25, -0.2) is 0 Å². The molecule has 1 unspecified atom stereocenters. The van der Waals surface area contributed by atoms with Crippen molar-refractivity contribution in [2.24, 2.45) is 0 Å². The van der Waals surface area contributed by atoms with Crippen LogP contribution in [0.1, 0.15) is 36.2 Å². The molecule has 1 rings (SSSR count). The van der Waals surface area contributed by atoms with Gasteiger partial charge in [0, 0.05) is 26.2 Å². The highest BCUT2D eigenvalue weighted by molar-refractivity contribution is 5.93. The van der Waals surface area contributed by atoms with Crippen LogP contribution >= 0.6 is 0 Å². The summed E-state index contributed by atoms with van der Waals surface area (Å²) in [5.41, 5.74) is 1.64. The van der Waals surface area contributed by atoms with E-state index in [0.29, 0.717) is 25.1 Å². The fraction of sp³-hybridized carbons (Fsp3) is 0.500. The topological polar surface area (TPSA) is 60.9 Å². The van der Waals surface area contributed by atoms with Crippen molar-refractivity contribution >= 4 is 11.9 Å². The van der Waals surface area contributed by atoms with Crippen LogP contribution in [0.3, 0.4) is 0 Å². The largest absolute Gasteiger partial charge is 0.480 e. The van der Waals surface area contributed by atoms with Crippen LogP contribution in [0.25, 0.3) is 0 Å². The first-order valence-electron chi connectivity index (χ1n) is 7.18. The van der Waals surface area contributed by atoms with E-state index in [2.05, 4.69) is 0 Å². The Kier molecular flexibility index (Phi) is 6.37. The molecule has 1 aromatic rings. The van der Waals surface area contributed by atoms with E-state index in [1.807, 2.05) is 30.9 Å². The molecule has 1 aromatic carbocycles. The van der Waals surface area contributed by atoms with Crippen molar-refractivity contribution in [3.05, 3.63) is 35.4 Å². The zero-order chi connectivity index (χ0) is 16.0. The minimum absolute atomic E-state index is 0.0362. The second kappa shape index (κ2) is 7.78. The Labute approximate surface area is 126 Å². The molecule has 0 spiro atoms. The van der Waals surface area contributed by atoms with Gasteiger partial charge in [0.05, 0.1) is 0 Å². The molecule has 0 heterocycles. The van der Waals surface area contributed by atoms with Crippen LogP contribution in [0.4, 0.5) is 0 Å². The third-order valence-corrected chi connectivity index (χ3v) is 3.51. The average Bonchev–Trinajstić information content (AvgIpc) is 2.46. The fourth-order valence-corrected chi connectivity index (χ4v) is 2.28. The Hall–Kier alpha value is -1.88. The van der Waals surface area contributed by atoms with Crippen molar-refractivity contribution in [3.63, 3.8) is 0 Å². The SMILES string of the molecule is CCC(C(=O)O)N(CC)Cc1ccc(C(=O)N(C)C)cc1. The first kappa shape index (κ1) is 17.2. The van der Waals surface area contributed by atoms with Gasteiger partial charge in [0.1, 0.15) is 6.04 Å². The predicted molar refractivity (Wildman–Crippen MR) is 82.3 cm³/mol. The van der Waals surface area contributed by atoms with E-state index in [9.17, 15) is 14.7 Å². The molecule has 0 radical (unpaired) electrons. The van der Waals surface area contributed by atoms with Crippen LogP contribution in [-0.4, -0.2) is 53.5 Å². The van der Waals surface area contributed by atoms with Crippen LogP contribution in [0.5, 0.6) is 0 Å². The lowest BCUT2D eigenvalue weighted by Crippen LogP contribution is -2.40. The molecule has 0 fully saturated rings. The normalized spacial score (nSPS) is 12.2. The molecule has 0 aliphatic rings. The Morgan fingerprint density at radius 1 is 1.14 bits per heavy atom. The number of benzene rings is 1. The summed E-state index contributed by atoms with van der Waals surface area (Å²) in [6.07, 6.45) is 0.570. The molecule has 1 amide bonds. The van der Waals surface area contributed by atoms with Crippen LogP contribution in [0.15, 0.2) is 24.3 Å². The molecule has 0 aliphatic heterocycles. The molecule has 5 heteroatoms. The summed E-state index contributed by atoms with van der Waals surface area (Å²) in [5, 5.41) is 9.24. The van der Waals surface area contributed by atoms with Crippen molar-refractivity contribution in [2.45, 2.75) is 32.9 Å². The van der Waals surface area contributed by atoms with Crippen LogP contribution < -0.4 is 0 Å². The zero-order valence-corrected chi connectivity index (χ0v) is 13.2. The van der Waals surface area contributed by atoms with E-state index in [0.717, 1.165) is 5.56 Å². The molecular weight excluding hydrogens is 268 g/mol. The van der Waals surface area contributed by atoms with Crippen LogP contribution in [0.2, 0.25) is 0 Å². The van der Waals surface area contributed by atoms with Gasteiger partial charge in [-0.05, 0) is 30.7 Å². The Morgan fingerprint density at radius 3 is 2.10 bits per heavy atom. The first-order chi connectivity index (χ1) is 9.90. The summed E-state index contributed by atoms with van der Waals surface area (Å²) in [6, 6.07) is 6.86. The third-order valence-electron chi connectivity index (χ3n) is 3.51. The number of hydrogen-bond acceptors (Lipinski definition) is 3. The molecule has 0 bridgehead atoms. The predicted octanol–water partition coefficient (Wildman–Crippen LogP) is 2.07. The molecule has 116 valence electrons. The highest BCUT2D eigenvalue weighted by atomic mass is 16.4. The standard InChI is InChI=1S/C16H24N2O3/c1-5-14(16(20)21)18(6-2)11-12-7-9-13(10-8-12)15(19)17(3)4/h7-10,14H,5-6,11H2,1-4H3,(H,20,21). The van der Waals surface area contributed by atoms with E-state index >= 15 is 0 Å².